The molecule has 0 atom stereocenters. The van der Waals surface area contributed by atoms with Crippen LogP contribution in [0.3, 0.4) is 0 Å². The van der Waals surface area contributed by atoms with Gasteiger partial charge < -0.3 is 4.57 Å². The summed E-state index contributed by atoms with van der Waals surface area (Å²) in [4.78, 5) is 10.8. The molecule has 1 rings (SSSR count). The molecule has 0 saturated heterocycles. The molecule has 10 heavy (non-hydrogen) atoms. The van der Waals surface area contributed by atoms with E-state index in [-0.39, 0.29) is 5.78 Å². The lowest BCUT2D eigenvalue weighted by Crippen LogP contribution is -1.88. The predicted octanol–water partition coefficient (Wildman–Crippen LogP) is 1.99. The van der Waals surface area contributed by atoms with E-state index in [1.807, 2.05) is 17.7 Å². The molecule has 0 saturated carbocycles. The maximum Gasteiger partial charge on any atom is 0.161 e. The molecule has 0 N–H and O–H groups in total. The minimum Gasteiger partial charge on any atom is -0.345 e. The van der Waals surface area contributed by atoms with E-state index in [1.165, 1.54) is 0 Å². The van der Waals surface area contributed by atoms with Crippen molar-refractivity contribution >= 4 is 21.7 Å². The van der Waals surface area contributed by atoms with E-state index in [2.05, 4.69) is 15.9 Å². The third-order valence-electron chi connectivity index (χ3n) is 1.35. The van der Waals surface area contributed by atoms with Crippen LogP contribution in [-0.4, -0.2) is 10.4 Å². The SMILES string of the molecule is CC(=O)c1cc(Br)n(C)c1. The number of halogens is 1. The number of carbonyl (C=O) groups excluding carboxylic acids is 1. The molecule has 0 amide bonds. The van der Waals surface area contributed by atoms with Crippen molar-refractivity contribution < 1.29 is 4.79 Å². The Balaban J connectivity index is 3.10. The Bertz CT molecular complexity index is 245. The van der Waals surface area contributed by atoms with Crippen LogP contribution >= 0.6 is 15.9 Å². The zero-order chi connectivity index (χ0) is 7.72. The van der Waals surface area contributed by atoms with E-state index in [4.69, 9.17) is 0 Å². The van der Waals surface area contributed by atoms with Gasteiger partial charge in [0.25, 0.3) is 0 Å². The molecule has 0 radical (unpaired) electrons. The van der Waals surface area contributed by atoms with Gasteiger partial charge in [0.1, 0.15) is 0 Å². The predicted molar refractivity (Wildman–Crippen MR) is 43.1 cm³/mol. The monoisotopic (exact) mass is 201 g/mol. The summed E-state index contributed by atoms with van der Waals surface area (Å²) in [5, 5.41) is 0. The highest BCUT2D eigenvalue weighted by molar-refractivity contribution is 9.10. The van der Waals surface area contributed by atoms with Crippen LogP contribution in [0.5, 0.6) is 0 Å². The maximum absolute atomic E-state index is 10.8. The summed E-state index contributed by atoms with van der Waals surface area (Å²) in [6.07, 6.45) is 1.80. The fourth-order valence-corrected chi connectivity index (χ4v) is 1.08. The first-order valence-corrected chi connectivity index (χ1v) is 3.73. The summed E-state index contributed by atoms with van der Waals surface area (Å²) in [6.45, 7) is 1.56. The molecular weight excluding hydrogens is 194 g/mol. The van der Waals surface area contributed by atoms with Gasteiger partial charge in [0.15, 0.2) is 5.78 Å². The Hall–Kier alpha value is -0.570. The molecule has 0 bridgehead atoms. The topological polar surface area (TPSA) is 22.0 Å². The zero-order valence-electron chi connectivity index (χ0n) is 5.89. The van der Waals surface area contributed by atoms with E-state index >= 15 is 0 Å². The number of hydrogen-bond donors (Lipinski definition) is 0. The van der Waals surface area contributed by atoms with E-state index in [0.717, 1.165) is 10.2 Å². The number of hydrogen-bond acceptors (Lipinski definition) is 1. The Kier molecular flexibility index (Phi) is 1.94. The number of Topliss-reactive ketones (excluding diaryl/α,β-unsaturated/α-hetero) is 1. The fraction of sp³-hybridized carbons (Fsp3) is 0.286. The highest BCUT2D eigenvalue weighted by atomic mass is 79.9. The minimum absolute atomic E-state index is 0.0984. The average molecular weight is 202 g/mol. The van der Waals surface area contributed by atoms with E-state index in [0.29, 0.717) is 0 Å². The highest BCUT2D eigenvalue weighted by Crippen LogP contribution is 2.13. The molecule has 1 aromatic rings. The first-order chi connectivity index (χ1) is 4.61. The molecule has 0 unspecified atom stereocenters. The lowest BCUT2D eigenvalue weighted by molar-refractivity contribution is 0.101. The summed E-state index contributed by atoms with van der Waals surface area (Å²) in [7, 11) is 1.89. The van der Waals surface area contributed by atoms with Crippen molar-refractivity contribution in [2.75, 3.05) is 0 Å². The summed E-state index contributed by atoms with van der Waals surface area (Å²) in [6, 6.07) is 1.81. The van der Waals surface area contributed by atoms with Gasteiger partial charge >= 0.3 is 0 Å². The smallest absolute Gasteiger partial charge is 0.161 e. The second kappa shape index (κ2) is 2.58. The Morgan fingerprint density at radius 1 is 1.70 bits per heavy atom. The number of aromatic nitrogens is 1. The zero-order valence-corrected chi connectivity index (χ0v) is 7.47. The minimum atomic E-state index is 0.0984. The van der Waals surface area contributed by atoms with Gasteiger partial charge in [-0.05, 0) is 28.9 Å². The van der Waals surface area contributed by atoms with E-state index < -0.39 is 0 Å². The van der Waals surface area contributed by atoms with Crippen molar-refractivity contribution in [3.8, 4) is 0 Å². The number of nitrogens with zero attached hydrogens (tertiary/aromatic N) is 1. The lowest BCUT2D eigenvalue weighted by Gasteiger charge is -1.88. The molecule has 54 valence electrons. The number of rotatable bonds is 1. The molecule has 0 aliphatic carbocycles. The second-order valence-corrected chi connectivity index (χ2v) is 3.03. The van der Waals surface area contributed by atoms with Crippen LogP contribution in [0.2, 0.25) is 0 Å². The Labute approximate surface area is 68.0 Å². The first kappa shape index (κ1) is 7.54. The van der Waals surface area contributed by atoms with Crippen LogP contribution in [0.4, 0.5) is 0 Å². The summed E-state index contributed by atoms with van der Waals surface area (Å²) < 4.78 is 2.79. The highest BCUT2D eigenvalue weighted by Gasteiger charge is 2.02. The van der Waals surface area contributed by atoms with E-state index in [1.54, 1.807) is 13.1 Å². The number of aryl methyl sites for hydroxylation is 1. The molecule has 0 spiro atoms. The van der Waals surface area contributed by atoms with E-state index in [9.17, 15) is 4.79 Å². The van der Waals surface area contributed by atoms with Gasteiger partial charge in [0.05, 0.1) is 4.60 Å². The van der Waals surface area contributed by atoms with Crippen molar-refractivity contribution in [1.29, 1.82) is 0 Å². The van der Waals surface area contributed by atoms with Crippen molar-refractivity contribution in [3.05, 3.63) is 22.4 Å². The van der Waals surface area contributed by atoms with Gasteiger partial charge in [-0.2, -0.15) is 0 Å². The summed E-state index contributed by atoms with van der Waals surface area (Å²) in [5.74, 6) is 0.0984. The fourth-order valence-electron chi connectivity index (χ4n) is 0.730. The molecule has 0 fully saturated rings. The van der Waals surface area contributed by atoms with Crippen LogP contribution in [-0.2, 0) is 7.05 Å². The third-order valence-corrected chi connectivity index (χ3v) is 2.14. The molecule has 1 heterocycles. The van der Waals surface area contributed by atoms with Crippen molar-refractivity contribution in [2.45, 2.75) is 6.92 Å². The lowest BCUT2D eigenvalue weighted by atomic mass is 10.2. The normalized spacial score (nSPS) is 9.90. The standard InChI is InChI=1S/C7H8BrNO/c1-5(10)6-3-7(8)9(2)4-6/h3-4H,1-2H3. The Morgan fingerprint density at radius 2 is 2.30 bits per heavy atom. The Morgan fingerprint density at radius 3 is 2.50 bits per heavy atom. The van der Waals surface area contributed by atoms with Gasteiger partial charge in [-0.25, -0.2) is 0 Å². The average Bonchev–Trinajstić information content (AvgIpc) is 2.13. The van der Waals surface area contributed by atoms with Gasteiger partial charge in [-0.3, -0.25) is 4.79 Å². The van der Waals surface area contributed by atoms with Crippen molar-refractivity contribution in [3.63, 3.8) is 0 Å². The molecule has 2 nitrogen and oxygen atoms in total. The van der Waals surface area contributed by atoms with Gasteiger partial charge in [-0.15, -0.1) is 0 Å². The van der Waals surface area contributed by atoms with Crippen LogP contribution < -0.4 is 0 Å². The first-order valence-electron chi connectivity index (χ1n) is 2.94. The van der Waals surface area contributed by atoms with Crippen LogP contribution in [0.15, 0.2) is 16.9 Å². The molecule has 1 aromatic heterocycles. The van der Waals surface area contributed by atoms with Crippen LogP contribution in [0, 0.1) is 0 Å². The van der Waals surface area contributed by atoms with Crippen LogP contribution in [0.1, 0.15) is 17.3 Å². The number of ketones is 1. The molecule has 3 heteroatoms. The van der Waals surface area contributed by atoms with Gasteiger partial charge in [-0.1, -0.05) is 0 Å². The quantitative estimate of drug-likeness (QED) is 0.638. The molecular formula is C7H8BrNO. The van der Waals surface area contributed by atoms with Gasteiger partial charge in [0, 0.05) is 18.8 Å². The largest absolute Gasteiger partial charge is 0.345 e. The molecule has 0 aliphatic rings. The summed E-state index contributed by atoms with van der Waals surface area (Å²) in [5.41, 5.74) is 0.745. The van der Waals surface area contributed by atoms with Gasteiger partial charge in [0.2, 0.25) is 0 Å². The molecule has 0 aromatic carbocycles. The molecule has 0 aliphatic heterocycles. The maximum atomic E-state index is 10.8. The van der Waals surface area contributed by atoms with Crippen molar-refractivity contribution in [2.24, 2.45) is 7.05 Å². The second-order valence-electron chi connectivity index (χ2n) is 2.22. The summed E-state index contributed by atoms with van der Waals surface area (Å²) >= 11 is 3.30. The third kappa shape index (κ3) is 1.29. The van der Waals surface area contributed by atoms with Crippen molar-refractivity contribution in [1.82, 2.24) is 4.57 Å². The number of carbonyl (C=O) groups is 1. The van der Waals surface area contributed by atoms with Crippen LogP contribution in [0.25, 0.3) is 0 Å².